The monoisotopic (exact) mass is 205 g/mol. The molecule has 0 saturated carbocycles. The van der Waals surface area contributed by atoms with Crippen molar-refractivity contribution in [1.29, 1.82) is 0 Å². The highest BCUT2D eigenvalue weighted by Crippen LogP contribution is 2.24. The summed E-state index contributed by atoms with van der Waals surface area (Å²) >= 11 is 0. The molecular weight excluding hydrogens is 186 g/mol. The second-order valence-electron chi connectivity index (χ2n) is 4.35. The molecule has 1 fully saturated rings. The summed E-state index contributed by atoms with van der Waals surface area (Å²) in [6, 6.07) is 4.79. The first-order valence-electron chi connectivity index (χ1n) is 5.64. The molecule has 82 valence electrons. The fraction of sp³-hybridized carbons (Fsp3) is 0.583. The van der Waals surface area contributed by atoms with E-state index in [-0.39, 0.29) is 0 Å². The zero-order valence-electron chi connectivity index (χ0n) is 9.26. The van der Waals surface area contributed by atoms with Gasteiger partial charge in [-0.25, -0.2) is 0 Å². The van der Waals surface area contributed by atoms with Gasteiger partial charge in [-0.2, -0.15) is 0 Å². The molecular formula is C12H19N3. The molecule has 1 saturated heterocycles. The zero-order valence-corrected chi connectivity index (χ0v) is 9.26. The lowest BCUT2D eigenvalue weighted by molar-refractivity contribution is 0.235. The summed E-state index contributed by atoms with van der Waals surface area (Å²) in [5.74, 6) is 0.673. The van der Waals surface area contributed by atoms with E-state index in [9.17, 15) is 0 Å². The second-order valence-corrected chi connectivity index (χ2v) is 4.35. The molecule has 2 N–H and O–H groups in total. The average Bonchev–Trinajstić information content (AvgIpc) is 2.62. The fourth-order valence-corrected chi connectivity index (χ4v) is 2.34. The van der Waals surface area contributed by atoms with Crippen LogP contribution in [0.5, 0.6) is 0 Å². The van der Waals surface area contributed by atoms with Gasteiger partial charge in [0.25, 0.3) is 0 Å². The van der Waals surface area contributed by atoms with Crippen molar-refractivity contribution in [2.24, 2.45) is 11.7 Å². The van der Waals surface area contributed by atoms with E-state index in [4.69, 9.17) is 5.73 Å². The van der Waals surface area contributed by atoms with Gasteiger partial charge in [0.2, 0.25) is 0 Å². The summed E-state index contributed by atoms with van der Waals surface area (Å²) in [5, 5.41) is 0. The molecule has 0 spiro atoms. The van der Waals surface area contributed by atoms with Gasteiger partial charge in [0.1, 0.15) is 0 Å². The number of rotatable bonds is 3. The Morgan fingerprint density at radius 3 is 2.80 bits per heavy atom. The van der Waals surface area contributed by atoms with Crippen LogP contribution in [0.4, 0.5) is 0 Å². The number of pyridine rings is 1. The molecule has 0 aromatic carbocycles. The van der Waals surface area contributed by atoms with Gasteiger partial charge in [-0.1, -0.05) is 0 Å². The molecule has 0 bridgehead atoms. The molecule has 0 radical (unpaired) electrons. The molecule has 1 aliphatic heterocycles. The van der Waals surface area contributed by atoms with Crippen molar-refractivity contribution in [2.75, 3.05) is 13.1 Å². The largest absolute Gasteiger partial charge is 0.330 e. The van der Waals surface area contributed by atoms with Crippen molar-refractivity contribution in [1.82, 2.24) is 9.88 Å². The minimum Gasteiger partial charge on any atom is -0.330 e. The van der Waals surface area contributed by atoms with Crippen LogP contribution < -0.4 is 5.73 Å². The molecule has 0 aliphatic carbocycles. The summed E-state index contributed by atoms with van der Waals surface area (Å²) in [7, 11) is 0. The van der Waals surface area contributed by atoms with E-state index in [0.717, 1.165) is 13.1 Å². The Balaban J connectivity index is 1.96. The lowest BCUT2D eigenvalue weighted by Gasteiger charge is -2.23. The molecule has 15 heavy (non-hydrogen) atoms. The van der Waals surface area contributed by atoms with Gasteiger partial charge < -0.3 is 5.73 Å². The maximum absolute atomic E-state index is 5.74. The minimum atomic E-state index is 0.614. The van der Waals surface area contributed by atoms with Gasteiger partial charge >= 0.3 is 0 Å². The highest BCUT2D eigenvalue weighted by atomic mass is 15.2. The smallest absolute Gasteiger partial charge is 0.0271 e. The molecule has 1 aliphatic rings. The van der Waals surface area contributed by atoms with Crippen LogP contribution in [0.25, 0.3) is 0 Å². The van der Waals surface area contributed by atoms with Crippen LogP contribution in [0.2, 0.25) is 0 Å². The predicted molar refractivity (Wildman–Crippen MR) is 61.3 cm³/mol. The normalized spacial score (nSPS) is 27.1. The molecule has 3 nitrogen and oxygen atoms in total. The maximum atomic E-state index is 5.74. The molecule has 3 heteroatoms. The Morgan fingerprint density at radius 2 is 2.20 bits per heavy atom. The third-order valence-electron chi connectivity index (χ3n) is 3.48. The van der Waals surface area contributed by atoms with E-state index >= 15 is 0 Å². The van der Waals surface area contributed by atoms with Gasteiger partial charge in [0, 0.05) is 25.0 Å². The molecule has 1 aromatic rings. The van der Waals surface area contributed by atoms with Gasteiger partial charge in [0.15, 0.2) is 0 Å². The summed E-state index contributed by atoms with van der Waals surface area (Å²) in [6.07, 6.45) is 4.95. The van der Waals surface area contributed by atoms with Gasteiger partial charge in [-0.05, 0) is 50.0 Å². The van der Waals surface area contributed by atoms with Gasteiger partial charge in [-0.15, -0.1) is 0 Å². The van der Waals surface area contributed by atoms with E-state index in [1.807, 2.05) is 12.4 Å². The van der Waals surface area contributed by atoms with Crippen LogP contribution in [-0.2, 0) is 6.54 Å². The van der Waals surface area contributed by atoms with Crippen LogP contribution >= 0.6 is 0 Å². The first-order chi connectivity index (χ1) is 7.31. The van der Waals surface area contributed by atoms with Crippen molar-refractivity contribution in [3.8, 4) is 0 Å². The minimum absolute atomic E-state index is 0.614. The third kappa shape index (κ3) is 2.36. The highest BCUT2D eigenvalue weighted by Gasteiger charge is 2.29. The number of aromatic nitrogens is 1. The number of likely N-dealkylation sites (tertiary alicyclic amines) is 1. The van der Waals surface area contributed by atoms with Crippen LogP contribution in [-0.4, -0.2) is 29.0 Å². The number of hydrogen-bond donors (Lipinski definition) is 1. The van der Waals surface area contributed by atoms with Gasteiger partial charge in [0.05, 0.1) is 0 Å². The summed E-state index contributed by atoms with van der Waals surface area (Å²) in [6.45, 7) is 5.30. The summed E-state index contributed by atoms with van der Waals surface area (Å²) in [5.41, 5.74) is 7.09. The Labute approximate surface area is 91.3 Å². The molecule has 0 amide bonds. The van der Waals surface area contributed by atoms with Crippen LogP contribution in [0, 0.1) is 5.92 Å². The molecule has 2 rings (SSSR count). The molecule has 2 unspecified atom stereocenters. The maximum Gasteiger partial charge on any atom is 0.0271 e. The Morgan fingerprint density at radius 1 is 1.47 bits per heavy atom. The van der Waals surface area contributed by atoms with Crippen molar-refractivity contribution in [3.63, 3.8) is 0 Å². The quantitative estimate of drug-likeness (QED) is 0.807. The Hall–Kier alpha value is -0.930. The SMILES string of the molecule is CC1C(CN)CCN1Cc1ccncc1. The van der Waals surface area contributed by atoms with Crippen molar-refractivity contribution >= 4 is 0 Å². The zero-order chi connectivity index (χ0) is 10.7. The van der Waals surface area contributed by atoms with Crippen molar-refractivity contribution in [3.05, 3.63) is 30.1 Å². The number of nitrogens with zero attached hydrogens (tertiary/aromatic N) is 2. The first-order valence-corrected chi connectivity index (χ1v) is 5.64. The second kappa shape index (κ2) is 4.73. The molecule has 1 aromatic heterocycles. The van der Waals surface area contributed by atoms with Crippen LogP contribution in [0.1, 0.15) is 18.9 Å². The van der Waals surface area contributed by atoms with E-state index < -0.39 is 0 Å². The lowest BCUT2D eigenvalue weighted by Crippen LogP contribution is -2.32. The standard InChI is InChI=1S/C12H19N3/c1-10-12(8-13)4-7-15(10)9-11-2-5-14-6-3-11/h2-3,5-6,10,12H,4,7-9,13H2,1H3. The predicted octanol–water partition coefficient (Wildman–Crippen LogP) is 1.25. The van der Waals surface area contributed by atoms with Crippen molar-refractivity contribution in [2.45, 2.75) is 25.9 Å². The number of nitrogens with two attached hydrogens (primary N) is 1. The summed E-state index contributed by atoms with van der Waals surface area (Å²) in [4.78, 5) is 6.54. The highest BCUT2D eigenvalue weighted by molar-refractivity contribution is 5.10. The topological polar surface area (TPSA) is 42.1 Å². The fourth-order valence-electron chi connectivity index (χ4n) is 2.34. The van der Waals surface area contributed by atoms with E-state index in [0.29, 0.717) is 12.0 Å². The van der Waals surface area contributed by atoms with E-state index in [2.05, 4.69) is 28.9 Å². The van der Waals surface area contributed by atoms with Crippen LogP contribution in [0.3, 0.4) is 0 Å². The average molecular weight is 205 g/mol. The van der Waals surface area contributed by atoms with Crippen molar-refractivity contribution < 1.29 is 0 Å². The van der Waals surface area contributed by atoms with Gasteiger partial charge in [-0.3, -0.25) is 9.88 Å². The lowest BCUT2D eigenvalue weighted by atomic mass is 10.0. The summed E-state index contributed by atoms with van der Waals surface area (Å²) < 4.78 is 0. The first kappa shape index (κ1) is 10.6. The van der Waals surface area contributed by atoms with E-state index in [1.54, 1.807) is 0 Å². The Bertz CT molecular complexity index is 299. The number of hydrogen-bond acceptors (Lipinski definition) is 3. The molecule has 2 heterocycles. The van der Waals surface area contributed by atoms with Crippen LogP contribution in [0.15, 0.2) is 24.5 Å². The third-order valence-corrected chi connectivity index (χ3v) is 3.48. The molecule has 2 atom stereocenters. The van der Waals surface area contributed by atoms with E-state index in [1.165, 1.54) is 18.5 Å². The Kier molecular flexibility index (Phi) is 3.34.